The zero-order valence-corrected chi connectivity index (χ0v) is 23.0. The second kappa shape index (κ2) is 11.0. The number of anilines is 1. The van der Waals surface area contributed by atoms with Crippen molar-refractivity contribution in [1.29, 1.82) is 0 Å². The molecule has 5 rings (SSSR count). The fourth-order valence-corrected chi connectivity index (χ4v) is 5.76. The number of hydrogen-bond donors (Lipinski definition) is 1. The van der Waals surface area contributed by atoms with Crippen LogP contribution in [0.2, 0.25) is 5.02 Å². The van der Waals surface area contributed by atoms with E-state index in [4.69, 9.17) is 25.8 Å². The molecule has 1 fully saturated rings. The van der Waals surface area contributed by atoms with Crippen LogP contribution in [0.15, 0.2) is 66.2 Å². The largest absolute Gasteiger partial charge is 0.507 e. The van der Waals surface area contributed by atoms with Crippen molar-refractivity contribution in [2.75, 3.05) is 25.2 Å². The summed E-state index contributed by atoms with van der Waals surface area (Å²) in [5.74, 6) is -0.364. The minimum atomic E-state index is -0.975. The van der Waals surface area contributed by atoms with E-state index in [0.29, 0.717) is 57.3 Å². The minimum absolute atomic E-state index is 0.0624. The Bertz CT molecular complexity index is 1600. The van der Waals surface area contributed by atoms with Gasteiger partial charge in [-0.3, -0.25) is 14.5 Å². The van der Waals surface area contributed by atoms with Crippen molar-refractivity contribution in [3.8, 4) is 17.2 Å². The van der Waals surface area contributed by atoms with Crippen LogP contribution in [0, 0.1) is 0 Å². The third-order valence-electron chi connectivity index (χ3n) is 6.23. The first-order valence-corrected chi connectivity index (χ1v) is 13.5. The summed E-state index contributed by atoms with van der Waals surface area (Å²) < 4.78 is 17.4. The highest BCUT2D eigenvalue weighted by Gasteiger charge is 2.48. The molecule has 3 aromatic carbocycles. The van der Waals surface area contributed by atoms with Crippen LogP contribution in [0.1, 0.15) is 31.0 Å². The van der Waals surface area contributed by atoms with Crippen molar-refractivity contribution in [1.82, 2.24) is 4.98 Å². The molecule has 1 atom stereocenters. The lowest BCUT2D eigenvalue weighted by Crippen LogP contribution is -2.29. The second-order valence-corrected chi connectivity index (χ2v) is 10.0. The number of aliphatic hydroxyl groups is 1. The van der Waals surface area contributed by atoms with Gasteiger partial charge in [-0.25, -0.2) is 4.98 Å². The number of methoxy groups -OCH3 is 1. The number of fused-ring (bicyclic) bond motifs is 1. The number of aliphatic hydroxyl groups excluding tert-OH is 1. The molecule has 0 saturated carbocycles. The van der Waals surface area contributed by atoms with Gasteiger partial charge in [0.1, 0.15) is 11.5 Å². The lowest BCUT2D eigenvalue weighted by molar-refractivity contribution is -0.132. The molecule has 1 unspecified atom stereocenters. The summed E-state index contributed by atoms with van der Waals surface area (Å²) >= 11 is 7.40. The van der Waals surface area contributed by atoms with Gasteiger partial charge < -0.3 is 19.3 Å². The minimum Gasteiger partial charge on any atom is -0.507 e. The van der Waals surface area contributed by atoms with Crippen LogP contribution >= 0.6 is 22.9 Å². The molecule has 1 aliphatic heterocycles. The molecule has 1 N–H and O–H groups in total. The van der Waals surface area contributed by atoms with Gasteiger partial charge in [-0.05, 0) is 74.0 Å². The van der Waals surface area contributed by atoms with Crippen LogP contribution in [-0.2, 0) is 9.59 Å². The normalized spacial score (nSPS) is 16.6. The first-order valence-electron chi connectivity index (χ1n) is 12.3. The molecule has 10 heteroatoms. The average Bonchev–Trinajstić information content (AvgIpc) is 3.46. The number of halogens is 1. The van der Waals surface area contributed by atoms with Gasteiger partial charge in [0, 0.05) is 10.6 Å². The van der Waals surface area contributed by atoms with Gasteiger partial charge in [0.25, 0.3) is 5.78 Å². The first-order chi connectivity index (χ1) is 18.9. The van der Waals surface area contributed by atoms with E-state index in [-0.39, 0.29) is 11.3 Å². The molecule has 1 aliphatic rings. The summed E-state index contributed by atoms with van der Waals surface area (Å²) in [4.78, 5) is 33.0. The maximum atomic E-state index is 13.5. The number of rotatable bonds is 8. The molecule has 200 valence electrons. The number of nitrogens with zero attached hydrogens (tertiary/aromatic N) is 2. The Morgan fingerprint density at radius 3 is 2.44 bits per heavy atom. The maximum absolute atomic E-state index is 13.5. The van der Waals surface area contributed by atoms with Crippen LogP contribution in [0.25, 0.3) is 16.0 Å². The smallest absolute Gasteiger partial charge is 0.301 e. The van der Waals surface area contributed by atoms with Gasteiger partial charge in [0.15, 0.2) is 16.6 Å². The number of amides is 1. The molecule has 0 bridgehead atoms. The summed E-state index contributed by atoms with van der Waals surface area (Å²) in [5.41, 5.74) is 1.48. The van der Waals surface area contributed by atoms with Gasteiger partial charge in [-0.2, -0.15) is 0 Å². The van der Waals surface area contributed by atoms with E-state index < -0.39 is 17.7 Å². The second-order valence-electron chi connectivity index (χ2n) is 8.58. The number of Topliss-reactive ketones (excluding diaryl/α,β-unsaturated/α-hetero) is 1. The monoisotopic (exact) mass is 564 g/mol. The SMILES string of the molecule is CCOc1ccc(C(O)=C2C(=O)C(=O)N(c3nc4ccc(Cl)cc4s3)C2c2ccc(OCC)c(OC)c2)cc1. The Hall–Kier alpha value is -4.08. The van der Waals surface area contributed by atoms with E-state index in [9.17, 15) is 14.7 Å². The standard InChI is InChI=1S/C29H25ClN2O6S/c1-4-37-19-10-6-16(7-11-19)26(33)24-25(17-8-13-21(38-5-2)22(14-17)36-3)32(28(35)27(24)34)29-31-20-12-9-18(30)15-23(20)39-29/h6-15,25,33H,4-5H2,1-3H3. The van der Waals surface area contributed by atoms with Crippen molar-refractivity contribution >= 4 is 55.7 Å². The van der Waals surface area contributed by atoms with Gasteiger partial charge in [-0.15, -0.1) is 0 Å². The van der Waals surface area contributed by atoms with E-state index in [1.807, 2.05) is 13.8 Å². The van der Waals surface area contributed by atoms with Crippen molar-refractivity contribution in [3.63, 3.8) is 0 Å². The zero-order chi connectivity index (χ0) is 27.7. The molecule has 4 aromatic rings. The third kappa shape index (κ3) is 4.91. The summed E-state index contributed by atoms with van der Waals surface area (Å²) in [6, 6.07) is 16.1. The Morgan fingerprint density at radius 2 is 1.74 bits per heavy atom. The average molecular weight is 565 g/mol. The van der Waals surface area contributed by atoms with Gasteiger partial charge >= 0.3 is 5.91 Å². The highest BCUT2D eigenvalue weighted by atomic mass is 35.5. The van der Waals surface area contributed by atoms with Gasteiger partial charge in [0.05, 0.1) is 42.2 Å². The number of benzene rings is 3. The molecule has 2 heterocycles. The summed E-state index contributed by atoms with van der Waals surface area (Å²) in [6.07, 6.45) is 0. The van der Waals surface area contributed by atoms with Crippen LogP contribution in [0.5, 0.6) is 17.2 Å². The van der Waals surface area contributed by atoms with Crippen LogP contribution in [0.3, 0.4) is 0 Å². The van der Waals surface area contributed by atoms with Gasteiger partial charge in [0.2, 0.25) is 0 Å². The van der Waals surface area contributed by atoms with E-state index in [0.717, 1.165) is 4.70 Å². The van der Waals surface area contributed by atoms with E-state index >= 15 is 0 Å². The number of aromatic nitrogens is 1. The maximum Gasteiger partial charge on any atom is 0.301 e. The molecular weight excluding hydrogens is 540 g/mol. The Balaban J connectivity index is 1.70. The lowest BCUT2D eigenvalue weighted by atomic mass is 9.95. The first kappa shape index (κ1) is 26.5. The van der Waals surface area contributed by atoms with E-state index in [1.165, 1.54) is 23.3 Å². The predicted molar refractivity (Wildman–Crippen MR) is 151 cm³/mol. The van der Waals surface area contributed by atoms with E-state index in [2.05, 4.69) is 4.98 Å². The lowest BCUT2D eigenvalue weighted by Gasteiger charge is -2.24. The van der Waals surface area contributed by atoms with E-state index in [1.54, 1.807) is 60.7 Å². The molecule has 1 saturated heterocycles. The Morgan fingerprint density at radius 1 is 1.00 bits per heavy atom. The van der Waals surface area contributed by atoms with Gasteiger partial charge in [-0.1, -0.05) is 29.0 Å². The molecule has 0 spiro atoms. The summed E-state index contributed by atoms with van der Waals surface area (Å²) in [6.45, 7) is 4.65. The molecule has 0 radical (unpaired) electrons. The molecular formula is C29H25ClN2O6S. The number of ketones is 1. The van der Waals surface area contributed by atoms with Crippen LogP contribution in [0.4, 0.5) is 5.13 Å². The number of carbonyl (C=O) groups excluding carboxylic acids is 2. The fourth-order valence-electron chi connectivity index (χ4n) is 4.49. The topological polar surface area (TPSA) is 98.2 Å². The highest BCUT2D eigenvalue weighted by molar-refractivity contribution is 7.22. The fraction of sp³-hybridized carbons (Fsp3) is 0.207. The molecule has 39 heavy (non-hydrogen) atoms. The summed E-state index contributed by atoms with van der Waals surface area (Å²) in [7, 11) is 1.51. The van der Waals surface area contributed by atoms with Crippen molar-refractivity contribution < 1.29 is 28.9 Å². The highest BCUT2D eigenvalue weighted by Crippen LogP contribution is 2.46. The van der Waals surface area contributed by atoms with Crippen molar-refractivity contribution in [2.24, 2.45) is 0 Å². The number of carbonyl (C=O) groups is 2. The molecule has 0 aliphatic carbocycles. The van der Waals surface area contributed by atoms with Crippen molar-refractivity contribution in [2.45, 2.75) is 19.9 Å². The predicted octanol–water partition coefficient (Wildman–Crippen LogP) is 6.38. The summed E-state index contributed by atoms with van der Waals surface area (Å²) in [5, 5.41) is 12.3. The van der Waals surface area contributed by atoms with Crippen LogP contribution in [-0.4, -0.2) is 42.1 Å². The number of hydrogen-bond acceptors (Lipinski definition) is 8. The quantitative estimate of drug-likeness (QED) is 0.150. The van der Waals surface area contributed by atoms with Crippen LogP contribution < -0.4 is 19.1 Å². The number of ether oxygens (including phenoxy) is 3. The van der Waals surface area contributed by atoms with Crippen molar-refractivity contribution in [3.05, 3.63) is 82.4 Å². The molecule has 1 amide bonds. The number of thiazole rings is 1. The molecule has 8 nitrogen and oxygen atoms in total. The Kier molecular flexibility index (Phi) is 7.45. The Labute approximate surface area is 234 Å². The molecule has 1 aromatic heterocycles. The third-order valence-corrected chi connectivity index (χ3v) is 7.48. The zero-order valence-electron chi connectivity index (χ0n) is 21.4.